The molecule has 0 unspecified atom stereocenters. The zero-order valence-corrected chi connectivity index (χ0v) is 15.4. The van der Waals surface area contributed by atoms with Gasteiger partial charge in [0.2, 0.25) is 0 Å². The van der Waals surface area contributed by atoms with E-state index in [0.717, 1.165) is 29.5 Å². The fourth-order valence-corrected chi connectivity index (χ4v) is 4.49. The average molecular weight is 393 g/mol. The Labute approximate surface area is 159 Å². The van der Waals surface area contributed by atoms with E-state index in [1.807, 2.05) is 12.1 Å². The lowest BCUT2D eigenvalue weighted by molar-refractivity contribution is 0.140. The number of fused-ring (bicyclic) bond motifs is 1. The van der Waals surface area contributed by atoms with Crippen LogP contribution in [0.5, 0.6) is 0 Å². The Morgan fingerprint density at radius 1 is 1.35 bits per heavy atom. The van der Waals surface area contributed by atoms with E-state index >= 15 is 0 Å². The van der Waals surface area contributed by atoms with Crippen molar-refractivity contribution in [2.24, 2.45) is 0 Å². The SMILES string of the molecule is O=C(Nc1nccs1)N1Cc2cc(Cl)cc([C@@H]3CCCN3C(=O)O)c2C1. The van der Waals surface area contributed by atoms with Gasteiger partial charge in [0.25, 0.3) is 0 Å². The number of nitrogens with one attached hydrogen (secondary N) is 1. The molecule has 3 heterocycles. The number of halogens is 1. The molecule has 0 saturated carbocycles. The minimum Gasteiger partial charge on any atom is -0.465 e. The van der Waals surface area contributed by atoms with E-state index in [1.54, 1.807) is 16.5 Å². The van der Waals surface area contributed by atoms with Gasteiger partial charge in [-0.25, -0.2) is 14.6 Å². The van der Waals surface area contributed by atoms with Crippen LogP contribution in [-0.4, -0.2) is 38.6 Å². The topological polar surface area (TPSA) is 85.8 Å². The predicted molar refractivity (Wildman–Crippen MR) is 98.5 cm³/mol. The fourth-order valence-electron chi connectivity index (χ4n) is 3.72. The first kappa shape index (κ1) is 17.1. The quantitative estimate of drug-likeness (QED) is 0.803. The van der Waals surface area contributed by atoms with Crippen LogP contribution in [0.1, 0.15) is 35.6 Å². The zero-order valence-electron chi connectivity index (χ0n) is 13.8. The van der Waals surface area contributed by atoms with Gasteiger partial charge in [-0.2, -0.15) is 0 Å². The van der Waals surface area contributed by atoms with Gasteiger partial charge < -0.3 is 14.9 Å². The van der Waals surface area contributed by atoms with Gasteiger partial charge >= 0.3 is 12.1 Å². The lowest BCUT2D eigenvalue weighted by Gasteiger charge is -2.24. The van der Waals surface area contributed by atoms with Crippen molar-refractivity contribution < 1.29 is 14.7 Å². The molecule has 7 nitrogen and oxygen atoms in total. The molecular weight excluding hydrogens is 376 g/mol. The van der Waals surface area contributed by atoms with Crippen molar-refractivity contribution in [3.63, 3.8) is 0 Å². The maximum absolute atomic E-state index is 12.5. The minimum atomic E-state index is -0.919. The summed E-state index contributed by atoms with van der Waals surface area (Å²) in [4.78, 5) is 31.3. The number of hydrogen-bond donors (Lipinski definition) is 2. The Hall–Kier alpha value is -2.32. The number of anilines is 1. The van der Waals surface area contributed by atoms with Crippen molar-refractivity contribution in [1.82, 2.24) is 14.8 Å². The first-order valence-corrected chi connectivity index (χ1v) is 9.55. The van der Waals surface area contributed by atoms with Crippen molar-refractivity contribution in [2.75, 3.05) is 11.9 Å². The number of carbonyl (C=O) groups is 2. The third-order valence-electron chi connectivity index (χ3n) is 4.84. The molecule has 26 heavy (non-hydrogen) atoms. The summed E-state index contributed by atoms with van der Waals surface area (Å²) in [7, 11) is 0. The molecule has 0 bridgehead atoms. The van der Waals surface area contributed by atoms with Crippen molar-refractivity contribution in [3.8, 4) is 0 Å². The molecule has 1 atom stereocenters. The van der Waals surface area contributed by atoms with E-state index < -0.39 is 6.09 Å². The smallest absolute Gasteiger partial charge is 0.407 e. The summed E-state index contributed by atoms with van der Waals surface area (Å²) in [6.45, 7) is 1.40. The van der Waals surface area contributed by atoms with Crippen molar-refractivity contribution in [3.05, 3.63) is 45.4 Å². The van der Waals surface area contributed by atoms with Gasteiger partial charge in [0.05, 0.1) is 6.04 Å². The lowest BCUT2D eigenvalue weighted by atomic mass is 9.96. The number of likely N-dealkylation sites (tertiary alicyclic amines) is 1. The van der Waals surface area contributed by atoms with Crippen LogP contribution < -0.4 is 5.32 Å². The molecule has 1 fully saturated rings. The van der Waals surface area contributed by atoms with Crippen LogP contribution in [0.4, 0.5) is 14.7 Å². The fraction of sp³-hybridized carbons (Fsp3) is 0.353. The number of carbonyl (C=O) groups excluding carboxylic acids is 1. The second-order valence-electron chi connectivity index (χ2n) is 6.39. The number of carboxylic acid groups (broad SMARTS) is 1. The summed E-state index contributed by atoms with van der Waals surface area (Å²) < 4.78 is 0. The average Bonchev–Trinajstić information content (AvgIpc) is 3.33. The highest BCUT2D eigenvalue weighted by Gasteiger charge is 2.35. The molecule has 2 aliphatic heterocycles. The van der Waals surface area contributed by atoms with E-state index in [9.17, 15) is 14.7 Å². The number of benzene rings is 1. The molecular formula is C17H17ClN4O3S. The molecule has 4 rings (SSSR count). The minimum absolute atomic E-state index is 0.207. The lowest BCUT2D eigenvalue weighted by Crippen LogP contribution is -2.31. The third kappa shape index (κ3) is 3.10. The van der Waals surface area contributed by atoms with Gasteiger partial charge in [-0.05, 0) is 41.7 Å². The van der Waals surface area contributed by atoms with E-state index in [-0.39, 0.29) is 12.1 Å². The number of thiazole rings is 1. The third-order valence-corrected chi connectivity index (χ3v) is 5.75. The summed E-state index contributed by atoms with van der Waals surface area (Å²) in [5.74, 6) is 0. The number of urea groups is 1. The Morgan fingerprint density at radius 3 is 2.92 bits per heavy atom. The number of aromatic nitrogens is 1. The summed E-state index contributed by atoms with van der Waals surface area (Å²) in [5, 5.41) is 15.2. The standard InChI is InChI=1S/C17H17ClN4O3S/c18-11-6-10-8-21(16(23)20-15-19-3-5-26-15)9-13(10)12(7-11)14-2-1-4-22(14)17(24)25/h3,5-7,14H,1-2,4,8-9H2,(H,24,25)(H,19,20,23)/t14-/m0/s1. The van der Waals surface area contributed by atoms with Gasteiger partial charge in [-0.15, -0.1) is 11.3 Å². The van der Waals surface area contributed by atoms with Crippen molar-refractivity contribution >= 4 is 40.2 Å². The number of amides is 3. The summed E-state index contributed by atoms with van der Waals surface area (Å²) >= 11 is 7.64. The van der Waals surface area contributed by atoms with Crippen LogP contribution in [0, 0.1) is 0 Å². The molecule has 3 amide bonds. The Kier molecular flexibility index (Phi) is 4.46. The second-order valence-corrected chi connectivity index (χ2v) is 7.72. The molecule has 0 radical (unpaired) electrons. The van der Waals surface area contributed by atoms with Gasteiger partial charge in [-0.3, -0.25) is 5.32 Å². The molecule has 1 aromatic carbocycles. The van der Waals surface area contributed by atoms with Gasteiger partial charge in [0.15, 0.2) is 5.13 Å². The van der Waals surface area contributed by atoms with E-state index in [4.69, 9.17) is 11.6 Å². The monoisotopic (exact) mass is 392 g/mol. The molecule has 2 aromatic rings. The van der Waals surface area contributed by atoms with E-state index in [2.05, 4.69) is 10.3 Å². The summed E-state index contributed by atoms with van der Waals surface area (Å²) in [6, 6.07) is 3.27. The number of rotatable bonds is 2. The zero-order chi connectivity index (χ0) is 18.3. The molecule has 9 heteroatoms. The number of hydrogen-bond acceptors (Lipinski definition) is 4. The molecule has 0 spiro atoms. The Bertz CT molecular complexity index is 858. The summed E-state index contributed by atoms with van der Waals surface area (Å²) in [5.41, 5.74) is 2.89. The molecule has 2 N–H and O–H groups in total. The van der Waals surface area contributed by atoms with Gasteiger partial charge in [0.1, 0.15) is 0 Å². The maximum Gasteiger partial charge on any atom is 0.407 e. The molecule has 1 saturated heterocycles. The van der Waals surface area contributed by atoms with Crippen LogP contribution in [0.15, 0.2) is 23.7 Å². The molecule has 136 valence electrons. The van der Waals surface area contributed by atoms with Crippen LogP contribution in [0.2, 0.25) is 5.02 Å². The first-order valence-electron chi connectivity index (χ1n) is 8.29. The normalized spacial score (nSPS) is 18.9. The molecule has 1 aromatic heterocycles. The summed E-state index contributed by atoms with van der Waals surface area (Å²) in [6.07, 6.45) is 2.31. The van der Waals surface area contributed by atoms with Crippen LogP contribution in [-0.2, 0) is 13.1 Å². The Morgan fingerprint density at radius 2 is 2.19 bits per heavy atom. The number of nitrogens with zero attached hydrogens (tertiary/aromatic N) is 3. The highest BCUT2D eigenvalue weighted by Crippen LogP contribution is 2.39. The maximum atomic E-state index is 12.5. The highest BCUT2D eigenvalue weighted by atomic mass is 35.5. The highest BCUT2D eigenvalue weighted by molar-refractivity contribution is 7.13. The van der Waals surface area contributed by atoms with Gasteiger partial charge in [0, 0.05) is 36.2 Å². The van der Waals surface area contributed by atoms with Crippen molar-refractivity contribution in [2.45, 2.75) is 32.0 Å². The van der Waals surface area contributed by atoms with Crippen molar-refractivity contribution in [1.29, 1.82) is 0 Å². The van der Waals surface area contributed by atoms with Crippen LogP contribution in [0.3, 0.4) is 0 Å². The predicted octanol–water partition coefficient (Wildman–Crippen LogP) is 4.16. The van der Waals surface area contributed by atoms with E-state index in [1.165, 1.54) is 16.2 Å². The Balaban J connectivity index is 1.60. The largest absolute Gasteiger partial charge is 0.465 e. The first-order chi connectivity index (χ1) is 12.5. The molecule has 0 aliphatic carbocycles. The second kappa shape index (κ2) is 6.77. The van der Waals surface area contributed by atoms with Crippen LogP contribution in [0.25, 0.3) is 0 Å². The van der Waals surface area contributed by atoms with Crippen LogP contribution >= 0.6 is 22.9 Å². The van der Waals surface area contributed by atoms with E-state index in [0.29, 0.717) is 29.8 Å². The molecule has 2 aliphatic rings. The van der Waals surface area contributed by atoms with Gasteiger partial charge in [-0.1, -0.05) is 11.6 Å².